The van der Waals surface area contributed by atoms with Crippen molar-refractivity contribution in [3.05, 3.63) is 77.2 Å². The molecule has 2 amide bonds. The second-order valence-electron chi connectivity index (χ2n) is 7.08. The molecule has 0 fully saturated rings. The molecule has 0 aliphatic heterocycles. The molecular formula is C23H21N5O2S2. The molecule has 162 valence electrons. The van der Waals surface area contributed by atoms with Crippen LogP contribution in [-0.2, 0) is 11.8 Å². The van der Waals surface area contributed by atoms with E-state index in [4.69, 9.17) is 0 Å². The summed E-state index contributed by atoms with van der Waals surface area (Å²) in [6, 6.07) is 18.4. The highest BCUT2D eigenvalue weighted by molar-refractivity contribution is 7.99. The lowest BCUT2D eigenvalue weighted by Crippen LogP contribution is -2.15. The highest BCUT2D eigenvalue weighted by Gasteiger charge is 2.14. The first-order chi connectivity index (χ1) is 15.5. The van der Waals surface area contributed by atoms with Gasteiger partial charge >= 0.3 is 0 Å². The van der Waals surface area contributed by atoms with Gasteiger partial charge in [-0.25, -0.2) is 0 Å². The highest BCUT2D eigenvalue weighted by Crippen LogP contribution is 2.26. The van der Waals surface area contributed by atoms with Crippen LogP contribution in [0.15, 0.2) is 71.2 Å². The van der Waals surface area contributed by atoms with Crippen LogP contribution < -0.4 is 10.6 Å². The summed E-state index contributed by atoms with van der Waals surface area (Å²) in [7, 11) is 1.89. The maximum Gasteiger partial charge on any atom is 0.255 e. The third-order valence-electron chi connectivity index (χ3n) is 4.62. The van der Waals surface area contributed by atoms with Crippen LogP contribution in [0.4, 0.5) is 11.4 Å². The Kier molecular flexibility index (Phi) is 6.67. The summed E-state index contributed by atoms with van der Waals surface area (Å²) in [5.41, 5.74) is 2.94. The van der Waals surface area contributed by atoms with Crippen molar-refractivity contribution in [2.75, 3.05) is 16.4 Å². The quantitative estimate of drug-likeness (QED) is 0.383. The fourth-order valence-electron chi connectivity index (χ4n) is 3.01. The monoisotopic (exact) mass is 463 g/mol. The van der Waals surface area contributed by atoms with Crippen molar-refractivity contribution in [2.24, 2.45) is 7.05 Å². The van der Waals surface area contributed by atoms with E-state index in [1.807, 2.05) is 54.3 Å². The second-order valence-corrected chi connectivity index (χ2v) is 8.97. The summed E-state index contributed by atoms with van der Waals surface area (Å²) in [6.45, 7) is 1.94. The number of hydrogen-bond acceptors (Lipinski definition) is 6. The molecule has 0 aliphatic carbocycles. The molecule has 9 heteroatoms. The van der Waals surface area contributed by atoms with Gasteiger partial charge in [0.15, 0.2) is 11.0 Å². The zero-order valence-electron chi connectivity index (χ0n) is 17.5. The predicted octanol–water partition coefficient (Wildman–Crippen LogP) is 4.84. The number of carbonyl (C=O) groups is 2. The van der Waals surface area contributed by atoms with Gasteiger partial charge in [0, 0.05) is 24.0 Å². The summed E-state index contributed by atoms with van der Waals surface area (Å²) in [6.07, 6.45) is 0. The fraction of sp³-hybridized carbons (Fsp3) is 0.130. The van der Waals surface area contributed by atoms with Crippen LogP contribution in [0.25, 0.3) is 10.7 Å². The number of hydrogen-bond donors (Lipinski definition) is 2. The molecule has 0 saturated carbocycles. The number of nitrogens with one attached hydrogen (secondary N) is 2. The molecule has 2 aromatic carbocycles. The molecule has 0 unspecified atom stereocenters. The smallest absolute Gasteiger partial charge is 0.255 e. The lowest BCUT2D eigenvalue weighted by molar-refractivity contribution is -0.113. The first kappa shape index (κ1) is 21.8. The number of benzene rings is 2. The van der Waals surface area contributed by atoms with Crippen molar-refractivity contribution in [3.63, 3.8) is 0 Å². The minimum Gasteiger partial charge on any atom is -0.325 e. The number of carbonyl (C=O) groups excluding carboxylic acids is 2. The molecule has 0 saturated heterocycles. The Morgan fingerprint density at radius 3 is 2.44 bits per heavy atom. The van der Waals surface area contributed by atoms with Gasteiger partial charge in [0.05, 0.1) is 10.6 Å². The van der Waals surface area contributed by atoms with Gasteiger partial charge in [-0.15, -0.1) is 21.5 Å². The van der Waals surface area contributed by atoms with Crippen molar-refractivity contribution in [1.82, 2.24) is 14.8 Å². The van der Waals surface area contributed by atoms with Crippen LogP contribution in [0.1, 0.15) is 15.9 Å². The molecule has 0 radical (unpaired) electrons. The number of anilines is 2. The molecule has 2 aromatic heterocycles. The molecular weight excluding hydrogens is 442 g/mol. The predicted molar refractivity (Wildman–Crippen MR) is 129 cm³/mol. The molecule has 4 aromatic rings. The van der Waals surface area contributed by atoms with Crippen molar-refractivity contribution in [3.8, 4) is 10.7 Å². The molecule has 32 heavy (non-hydrogen) atoms. The maximum atomic E-state index is 12.4. The minimum atomic E-state index is -0.174. The number of nitrogens with zero attached hydrogens (tertiary/aromatic N) is 3. The molecule has 0 atom stereocenters. The summed E-state index contributed by atoms with van der Waals surface area (Å²) >= 11 is 2.92. The van der Waals surface area contributed by atoms with E-state index in [2.05, 4.69) is 20.8 Å². The van der Waals surface area contributed by atoms with Gasteiger partial charge in [-0.2, -0.15) is 0 Å². The Morgan fingerprint density at radius 2 is 1.75 bits per heavy atom. The molecule has 2 heterocycles. The summed E-state index contributed by atoms with van der Waals surface area (Å²) < 4.78 is 1.88. The van der Waals surface area contributed by atoms with Gasteiger partial charge in [0.2, 0.25) is 5.91 Å². The lowest BCUT2D eigenvalue weighted by atomic mass is 10.1. The SMILES string of the molecule is Cc1cccc(C(=O)Nc2ccc(NC(=O)CSc3nnc(-c4cccs4)n3C)cc2)c1. The third kappa shape index (κ3) is 5.24. The Bertz CT molecular complexity index is 1230. The molecule has 2 N–H and O–H groups in total. The Morgan fingerprint density at radius 1 is 1.00 bits per heavy atom. The Balaban J connectivity index is 1.30. The van der Waals surface area contributed by atoms with Crippen molar-refractivity contribution >= 4 is 46.3 Å². The van der Waals surface area contributed by atoms with Crippen LogP contribution in [0.5, 0.6) is 0 Å². The van der Waals surface area contributed by atoms with E-state index in [0.717, 1.165) is 16.3 Å². The van der Waals surface area contributed by atoms with E-state index >= 15 is 0 Å². The van der Waals surface area contributed by atoms with Gasteiger partial charge in [0.25, 0.3) is 5.91 Å². The van der Waals surface area contributed by atoms with Gasteiger partial charge in [-0.3, -0.25) is 9.59 Å². The first-order valence-electron chi connectivity index (χ1n) is 9.83. The van der Waals surface area contributed by atoms with Crippen LogP contribution in [0, 0.1) is 6.92 Å². The molecule has 4 rings (SSSR count). The molecule has 0 aliphatic rings. The second kappa shape index (κ2) is 9.80. The maximum absolute atomic E-state index is 12.4. The van der Waals surface area contributed by atoms with Gasteiger partial charge in [0.1, 0.15) is 0 Å². The Labute approximate surface area is 193 Å². The van der Waals surface area contributed by atoms with Gasteiger partial charge < -0.3 is 15.2 Å². The molecule has 0 bridgehead atoms. The summed E-state index contributed by atoms with van der Waals surface area (Å²) in [5.74, 6) is 0.674. The number of aryl methyl sites for hydroxylation is 1. The lowest BCUT2D eigenvalue weighted by Gasteiger charge is -2.08. The average Bonchev–Trinajstić information content (AvgIpc) is 3.43. The largest absolute Gasteiger partial charge is 0.325 e. The van der Waals surface area contributed by atoms with Crippen molar-refractivity contribution < 1.29 is 9.59 Å². The zero-order valence-corrected chi connectivity index (χ0v) is 19.2. The van der Waals surface area contributed by atoms with Crippen LogP contribution in [0.2, 0.25) is 0 Å². The van der Waals surface area contributed by atoms with Crippen molar-refractivity contribution in [1.29, 1.82) is 0 Å². The molecule has 7 nitrogen and oxygen atoms in total. The minimum absolute atomic E-state index is 0.146. The number of thiophene rings is 1. The molecule has 0 spiro atoms. The number of amides is 2. The first-order valence-corrected chi connectivity index (χ1v) is 11.7. The van der Waals surface area contributed by atoms with E-state index in [9.17, 15) is 9.59 Å². The van der Waals surface area contributed by atoms with Crippen LogP contribution in [-0.4, -0.2) is 32.3 Å². The zero-order chi connectivity index (χ0) is 22.5. The van der Waals surface area contributed by atoms with Crippen molar-refractivity contribution in [2.45, 2.75) is 12.1 Å². The fourth-order valence-corrected chi connectivity index (χ4v) is 4.47. The average molecular weight is 464 g/mol. The third-order valence-corrected chi connectivity index (χ3v) is 6.50. The number of rotatable bonds is 7. The van der Waals surface area contributed by atoms with E-state index < -0.39 is 0 Å². The highest BCUT2D eigenvalue weighted by atomic mass is 32.2. The normalized spacial score (nSPS) is 10.7. The Hall–Kier alpha value is -3.43. The van der Waals surface area contributed by atoms with E-state index in [1.54, 1.807) is 41.7 Å². The van der Waals surface area contributed by atoms with E-state index in [1.165, 1.54) is 11.8 Å². The van der Waals surface area contributed by atoms with Crippen LogP contribution in [0.3, 0.4) is 0 Å². The van der Waals surface area contributed by atoms with E-state index in [0.29, 0.717) is 22.1 Å². The number of aromatic nitrogens is 3. The van der Waals surface area contributed by atoms with Gasteiger partial charge in [-0.1, -0.05) is 35.5 Å². The van der Waals surface area contributed by atoms with Gasteiger partial charge in [-0.05, 0) is 54.8 Å². The standard InChI is InChI=1S/C23H21N5O2S2/c1-15-5-3-6-16(13-15)22(30)25-18-10-8-17(9-11-18)24-20(29)14-32-23-27-26-21(28(23)2)19-7-4-12-31-19/h3-13H,14H2,1-2H3,(H,24,29)(H,25,30). The topological polar surface area (TPSA) is 88.9 Å². The number of thioether (sulfide) groups is 1. The summed E-state index contributed by atoms with van der Waals surface area (Å²) in [5, 5.41) is 16.8. The van der Waals surface area contributed by atoms with Crippen LogP contribution >= 0.6 is 23.1 Å². The van der Waals surface area contributed by atoms with E-state index in [-0.39, 0.29) is 17.6 Å². The summed E-state index contributed by atoms with van der Waals surface area (Å²) in [4.78, 5) is 25.7.